The Bertz CT molecular complexity index is 477. The van der Waals surface area contributed by atoms with E-state index in [2.05, 4.69) is 9.72 Å². The van der Waals surface area contributed by atoms with Gasteiger partial charge in [0.15, 0.2) is 0 Å². The summed E-state index contributed by atoms with van der Waals surface area (Å²) in [6.45, 7) is 3.37. The van der Waals surface area contributed by atoms with Gasteiger partial charge in [-0.3, -0.25) is 4.79 Å². The highest BCUT2D eigenvalue weighted by molar-refractivity contribution is 14.1. The van der Waals surface area contributed by atoms with E-state index >= 15 is 0 Å². The highest BCUT2D eigenvalue weighted by Crippen LogP contribution is 2.29. The van der Waals surface area contributed by atoms with E-state index < -0.39 is 18.2 Å². The average Bonchev–Trinajstić information content (AvgIpc) is 2.27. The molecule has 1 heterocycles. The van der Waals surface area contributed by atoms with Gasteiger partial charge in [0.2, 0.25) is 5.88 Å². The van der Waals surface area contributed by atoms with Crippen LogP contribution in [0.1, 0.15) is 18.1 Å². The molecule has 4 nitrogen and oxygen atoms in total. The molecule has 0 saturated heterocycles. The Hall–Kier alpha value is -1.06. The zero-order chi connectivity index (χ0) is 14.6. The minimum atomic E-state index is -4.85. The number of carbonyl (C=O) groups is 1. The Morgan fingerprint density at radius 3 is 2.63 bits per heavy atom. The smallest absolute Gasteiger partial charge is 0.466 e. The van der Waals surface area contributed by atoms with Gasteiger partial charge in [0.25, 0.3) is 0 Å². The van der Waals surface area contributed by atoms with E-state index in [9.17, 15) is 18.0 Å². The van der Waals surface area contributed by atoms with E-state index in [-0.39, 0.29) is 18.6 Å². The molecule has 0 aliphatic heterocycles. The lowest BCUT2D eigenvalue weighted by Gasteiger charge is -2.14. The van der Waals surface area contributed by atoms with Crippen molar-refractivity contribution in [1.29, 1.82) is 0 Å². The van der Waals surface area contributed by atoms with Crippen LogP contribution in [-0.2, 0) is 16.0 Å². The van der Waals surface area contributed by atoms with Gasteiger partial charge in [-0.25, -0.2) is 4.98 Å². The molecule has 0 aliphatic carbocycles. The highest BCUT2D eigenvalue weighted by atomic mass is 127. The van der Waals surface area contributed by atoms with Gasteiger partial charge < -0.3 is 9.47 Å². The molecule has 0 fully saturated rings. The minimum absolute atomic E-state index is 0.0858. The van der Waals surface area contributed by atoms with Crippen molar-refractivity contribution in [3.63, 3.8) is 0 Å². The first-order valence-corrected chi connectivity index (χ1v) is 6.37. The van der Waals surface area contributed by atoms with Gasteiger partial charge >= 0.3 is 12.3 Å². The van der Waals surface area contributed by atoms with E-state index in [0.29, 0.717) is 9.13 Å². The number of esters is 1. The lowest BCUT2D eigenvalue weighted by Crippen LogP contribution is -2.20. The normalized spacial score (nSPS) is 11.3. The Labute approximate surface area is 121 Å². The number of ether oxygens (including phenoxy) is 2. The van der Waals surface area contributed by atoms with Crippen LogP contribution in [0.25, 0.3) is 0 Å². The second-order valence-electron chi connectivity index (χ2n) is 3.54. The van der Waals surface area contributed by atoms with Crippen molar-refractivity contribution in [2.75, 3.05) is 6.61 Å². The topological polar surface area (TPSA) is 48.4 Å². The molecule has 0 N–H and O–H groups in total. The van der Waals surface area contributed by atoms with E-state index in [0.717, 1.165) is 0 Å². The molecule has 106 valence electrons. The first kappa shape index (κ1) is 16.0. The molecule has 0 bridgehead atoms. The molecule has 8 heteroatoms. The molecule has 1 rings (SSSR count). The third-order valence-electron chi connectivity index (χ3n) is 2.20. The molecule has 0 aromatic carbocycles. The molecule has 0 radical (unpaired) electrons. The maximum Gasteiger partial charge on any atom is 0.574 e. The predicted molar refractivity (Wildman–Crippen MR) is 68.7 cm³/mol. The summed E-state index contributed by atoms with van der Waals surface area (Å²) in [4.78, 5) is 15.0. The van der Waals surface area contributed by atoms with Crippen LogP contribution in [0.2, 0.25) is 0 Å². The molecule has 0 amide bonds. The van der Waals surface area contributed by atoms with Crippen LogP contribution in [0.15, 0.2) is 6.20 Å². The van der Waals surface area contributed by atoms with Crippen molar-refractivity contribution in [3.05, 3.63) is 20.9 Å². The summed E-state index contributed by atoms with van der Waals surface area (Å²) in [7, 11) is 0. The van der Waals surface area contributed by atoms with E-state index in [1.54, 1.807) is 13.8 Å². The number of aromatic nitrogens is 1. The third kappa shape index (κ3) is 4.84. The summed E-state index contributed by atoms with van der Waals surface area (Å²) in [5.41, 5.74) is 0.602. The molecule has 0 atom stereocenters. The Morgan fingerprint density at radius 2 is 2.11 bits per heavy atom. The van der Waals surface area contributed by atoms with Crippen LogP contribution < -0.4 is 4.74 Å². The van der Waals surface area contributed by atoms with Gasteiger partial charge in [0.05, 0.1) is 13.0 Å². The van der Waals surface area contributed by atoms with Crippen LogP contribution in [0.3, 0.4) is 0 Å². The highest BCUT2D eigenvalue weighted by Gasteiger charge is 2.33. The fourth-order valence-corrected chi connectivity index (χ4v) is 1.82. The number of hydrogen-bond donors (Lipinski definition) is 0. The van der Waals surface area contributed by atoms with Crippen molar-refractivity contribution in [3.8, 4) is 5.88 Å². The molecular weight excluding hydrogens is 378 g/mol. The second kappa shape index (κ2) is 6.40. The molecular formula is C11H11F3INO3. The van der Waals surface area contributed by atoms with Gasteiger partial charge in [-0.05, 0) is 42.0 Å². The Morgan fingerprint density at radius 1 is 1.47 bits per heavy atom. The van der Waals surface area contributed by atoms with E-state index in [1.165, 1.54) is 6.20 Å². The number of carbonyl (C=O) groups excluding carboxylic acids is 1. The van der Waals surface area contributed by atoms with Gasteiger partial charge in [0.1, 0.15) is 0 Å². The zero-order valence-corrected chi connectivity index (χ0v) is 12.3. The SMILES string of the molecule is CCOC(=O)Cc1c(OC(F)(F)F)ncc(I)c1C. The number of alkyl halides is 3. The number of hydrogen-bond acceptors (Lipinski definition) is 4. The van der Waals surface area contributed by atoms with Gasteiger partial charge in [-0.2, -0.15) is 0 Å². The number of rotatable bonds is 4. The third-order valence-corrected chi connectivity index (χ3v) is 3.29. The van der Waals surface area contributed by atoms with Crippen LogP contribution in [0.5, 0.6) is 5.88 Å². The molecule has 0 aliphatic rings. The summed E-state index contributed by atoms with van der Waals surface area (Å²) in [5, 5.41) is 0. The molecule has 0 saturated carbocycles. The summed E-state index contributed by atoms with van der Waals surface area (Å²) in [6.07, 6.45) is -3.91. The molecule has 1 aromatic heterocycles. The van der Waals surface area contributed by atoms with Gasteiger partial charge in [0, 0.05) is 15.3 Å². The lowest BCUT2D eigenvalue weighted by molar-refractivity contribution is -0.276. The van der Waals surface area contributed by atoms with Gasteiger partial charge in [-0.15, -0.1) is 13.2 Å². The van der Waals surface area contributed by atoms with Crippen molar-refractivity contribution in [2.45, 2.75) is 26.6 Å². The van der Waals surface area contributed by atoms with Crippen LogP contribution in [-0.4, -0.2) is 23.9 Å². The average molecular weight is 389 g/mol. The summed E-state index contributed by atoms with van der Waals surface area (Å²) in [5.74, 6) is -1.24. The quantitative estimate of drug-likeness (QED) is 0.587. The molecule has 0 unspecified atom stereocenters. The fraction of sp³-hybridized carbons (Fsp3) is 0.455. The largest absolute Gasteiger partial charge is 0.574 e. The Kier molecular flexibility index (Phi) is 5.39. The molecule has 1 aromatic rings. The van der Waals surface area contributed by atoms with Crippen molar-refractivity contribution >= 4 is 28.6 Å². The second-order valence-corrected chi connectivity index (χ2v) is 4.71. The summed E-state index contributed by atoms with van der Waals surface area (Å²) < 4.78 is 46.0. The zero-order valence-electron chi connectivity index (χ0n) is 10.2. The van der Waals surface area contributed by atoms with Crippen LogP contribution in [0, 0.1) is 10.5 Å². The first-order valence-electron chi connectivity index (χ1n) is 5.30. The van der Waals surface area contributed by atoms with E-state index in [4.69, 9.17) is 4.74 Å². The number of pyridine rings is 1. The summed E-state index contributed by atoms with van der Waals surface area (Å²) in [6, 6.07) is 0. The van der Waals surface area contributed by atoms with Crippen LogP contribution >= 0.6 is 22.6 Å². The van der Waals surface area contributed by atoms with E-state index in [1.807, 2.05) is 22.6 Å². The Balaban J connectivity index is 3.10. The minimum Gasteiger partial charge on any atom is -0.466 e. The fourth-order valence-electron chi connectivity index (χ4n) is 1.36. The number of halogens is 4. The standard InChI is InChI=1S/C11H11F3INO3/c1-3-18-9(17)4-7-6(2)8(15)5-16-10(7)19-11(12,13)14/h5H,3-4H2,1-2H3. The predicted octanol–water partition coefficient (Wildman–Crippen LogP) is 3.00. The number of nitrogens with zero attached hydrogens (tertiary/aromatic N) is 1. The van der Waals surface area contributed by atoms with Gasteiger partial charge in [-0.1, -0.05) is 0 Å². The monoisotopic (exact) mass is 389 g/mol. The lowest BCUT2D eigenvalue weighted by atomic mass is 10.1. The molecule has 19 heavy (non-hydrogen) atoms. The van der Waals surface area contributed by atoms with Crippen molar-refractivity contribution in [1.82, 2.24) is 4.98 Å². The maximum absolute atomic E-state index is 12.3. The first-order chi connectivity index (χ1) is 8.74. The van der Waals surface area contributed by atoms with Crippen LogP contribution in [0.4, 0.5) is 13.2 Å². The van der Waals surface area contributed by atoms with Crippen molar-refractivity contribution in [2.24, 2.45) is 0 Å². The van der Waals surface area contributed by atoms with Crippen molar-refractivity contribution < 1.29 is 27.4 Å². The molecule has 0 spiro atoms. The summed E-state index contributed by atoms with van der Waals surface area (Å²) >= 11 is 1.92. The maximum atomic E-state index is 12.3.